The van der Waals surface area contributed by atoms with Gasteiger partial charge in [0, 0.05) is 10.2 Å². The quantitative estimate of drug-likeness (QED) is 0.677. The highest BCUT2D eigenvalue weighted by Crippen LogP contribution is 2.37. The molecule has 1 saturated heterocycles. The van der Waals surface area contributed by atoms with Crippen molar-refractivity contribution in [2.45, 2.75) is 24.8 Å². The Bertz CT molecular complexity index is 1030. The van der Waals surface area contributed by atoms with Gasteiger partial charge in [0.2, 0.25) is 0 Å². The molecule has 0 bridgehead atoms. The number of anilines is 1. The van der Waals surface area contributed by atoms with Crippen LogP contribution in [-0.4, -0.2) is 37.2 Å². The molecule has 0 spiro atoms. The lowest BCUT2D eigenvalue weighted by Gasteiger charge is -2.27. The summed E-state index contributed by atoms with van der Waals surface area (Å²) in [6, 6.07) is 12.3. The Labute approximate surface area is 170 Å². The van der Waals surface area contributed by atoms with Gasteiger partial charge < -0.3 is 4.90 Å². The van der Waals surface area contributed by atoms with E-state index in [1.54, 1.807) is 17.0 Å². The number of fused-ring (bicyclic) bond motifs is 1. The van der Waals surface area contributed by atoms with E-state index in [4.69, 9.17) is 0 Å². The molecule has 0 aromatic heterocycles. The van der Waals surface area contributed by atoms with Gasteiger partial charge in [0.1, 0.15) is 5.82 Å². The minimum absolute atomic E-state index is 0.00505. The Kier molecular flexibility index (Phi) is 5.07. The van der Waals surface area contributed by atoms with Gasteiger partial charge in [0.25, 0.3) is 0 Å². The second-order valence-corrected chi connectivity index (χ2v) is 10.8. The fourth-order valence-electron chi connectivity index (χ4n) is 3.51. The standard InChI is InChI=1S/C19H18BrFN2O2S2/c1-12-4-2-3-5-13(12)9-26-19-22-16-10-27(24,25)11-18(16)23(19)17-7-6-14(20)8-15(17)21/h2-8,16,18H,9-11H2,1H3/t16-,18+/m0/s1. The fourth-order valence-corrected chi connectivity index (χ4v) is 6.87. The van der Waals surface area contributed by atoms with Gasteiger partial charge in [0.05, 0.1) is 29.3 Å². The van der Waals surface area contributed by atoms with Crippen LogP contribution in [0.3, 0.4) is 0 Å². The lowest BCUT2D eigenvalue weighted by molar-refractivity contribution is 0.600. The number of rotatable bonds is 3. The van der Waals surface area contributed by atoms with E-state index in [2.05, 4.69) is 40.0 Å². The van der Waals surface area contributed by atoms with Crippen LogP contribution in [0.1, 0.15) is 11.1 Å². The third-order valence-corrected chi connectivity index (χ3v) is 8.10. The molecule has 0 saturated carbocycles. The molecule has 2 heterocycles. The molecule has 0 unspecified atom stereocenters. The average Bonchev–Trinajstić information content (AvgIpc) is 3.06. The minimum atomic E-state index is -3.15. The molecule has 4 nitrogen and oxygen atoms in total. The fraction of sp³-hybridized carbons (Fsp3) is 0.316. The van der Waals surface area contributed by atoms with E-state index in [0.29, 0.717) is 21.1 Å². The van der Waals surface area contributed by atoms with Crippen molar-refractivity contribution in [1.82, 2.24) is 0 Å². The number of halogens is 2. The maximum Gasteiger partial charge on any atom is 0.164 e. The van der Waals surface area contributed by atoms with Crippen molar-refractivity contribution in [3.8, 4) is 0 Å². The summed E-state index contributed by atoms with van der Waals surface area (Å²) in [5, 5.41) is 0.685. The van der Waals surface area contributed by atoms with E-state index in [1.807, 2.05) is 12.1 Å². The summed E-state index contributed by atoms with van der Waals surface area (Å²) in [5.74, 6) is 0.344. The van der Waals surface area contributed by atoms with Crippen molar-refractivity contribution in [2.75, 3.05) is 16.4 Å². The van der Waals surface area contributed by atoms with Crippen molar-refractivity contribution in [3.05, 3.63) is 63.9 Å². The van der Waals surface area contributed by atoms with E-state index in [0.717, 1.165) is 0 Å². The van der Waals surface area contributed by atoms with Gasteiger partial charge in [0.15, 0.2) is 15.0 Å². The first kappa shape index (κ1) is 19.0. The first-order chi connectivity index (χ1) is 12.8. The Morgan fingerprint density at radius 3 is 2.78 bits per heavy atom. The van der Waals surface area contributed by atoms with Crippen LogP contribution >= 0.6 is 27.7 Å². The van der Waals surface area contributed by atoms with Gasteiger partial charge >= 0.3 is 0 Å². The third-order valence-electron chi connectivity index (χ3n) is 4.89. The maximum absolute atomic E-state index is 14.7. The Morgan fingerprint density at radius 2 is 2.04 bits per heavy atom. The zero-order valence-electron chi connectivity index (χ0n) is 14.6. The molecule has 0 amide bonds. The van der Waals surface area contributed by atoms with Crippen LogP contribution in [0.4, 0.5) is 10.1 Å². The van der Waals surface area contributed by atoms with E-state index in [-0.39, 0.29) is 23.6 Å². The number of hydrogen-bond donors (Lipinski definition) is 0. The Hall–Kier alpha value is -1.38. The number of hydrogen-bond acceptors (Lipinski definition) is 5. The molecule has 2 aliphatic heterocycles. The lowest BCUT2D eigenvalue weighted by Crippen LogP contribution is -2.39. The van der Waals surface area contributed by atoms with Crippen LogP contribution in [0.15, 0.2) is 51.9 Å². The van der Waals surface area contributed by atoms with Crippen LogP contribution < -0.4 is 4.90 Å². The molecule has 2 atom stereocenters. The van der Waals surface area contributed by atoms with E-state index in [1.165, 1.54) is 29.0 Å². The maximum atomic E-state index is 14.7. The first-order valence-corrected chi connectivity index (χ1v) is 12.1. The van der Waals surface area contributed by atoms with Gasteiger partial charge in [-0.1, -0.05) is 52.0 Å². The Morgan fingerprint density at radius 1 is 1.26 bits per heavy atom. The minimum Gasteiger partial charge on any atom is -0.312 e. The van der Waals surface area contributed by atoms with E-state index < -0.39 is 15.7 Å². The van der Waals surface area contributed by atoms with Crippen molar-refractivity contribution >= 4 is 48.4 Å². The molecule has 2 aromatic carbocycles. The summed E-state index contributed by atoms with van der Waals surface area (Å²) in [6.45, 7) is 2.06. The van der Waals surface area contributed by atoms with Gasteiger partial charge in [-0.3, -0.25) is 4.99 Å². The molecule has 0 radical (unpaired) electrons. The third kappa shape index (κ3) is 3.79. The van der Waals surface area contributed by atoms with Gasteiger partial charge in [-0.25, -0.2) is 12.8 Å². The van der Waals surface area contributed by atoms with Crippen molar-refractivity contribution in [2.24, 2.45) is 4.99 Å². The number of aryl methyl sites for hydroxylation is 1. The molecule has 2 aliphatic rings. The number of nitrogens with zero attached hydrogens (tertiary/aromatic N) is 2. The molecular formula is C19H18BrFN2O2S2. The second kappa shape index (κ2) is 7.22. The smallest absolute Gasteiger partial charge is 0.164 e. The van der Waals surface area contributed by atoms with Crippen molar-refractivity contribution in [3.63, 3.8) is 0 Å². The zero-order valence-corrected chi connectivity index (χ0v) is 17.8. The van der Waals surface area contributed by atoms with Crippen molar-refractivity contribution < 1.29 is 12.8 Å². The molecule has 27 heavy (non-hydrogen) atoms. The monoisotopic (exact) mass is 468 g/mol. The molecular weight excluding hydrogens is 451 g/mol. The van der Waals surface area contributed by atoms with Crippen LogP contribution in [-0.2, 0) is 15.6 Å². The second-order valence-electron chi connectivity index (χ2n) is 6.80. The zero-order chi connectivity index (χ0) is 19.2. The SMILES string of the molecule is Cc1ccccc1CSC1=N[C@H]2CS(=O)(=O)C[C@H]2N1c1ccc(Br)cc1F. The number of aliphatic imine (C=N–C) groups is 1. The summed E-state index contributed by atoms with van der Waals surface area (Å²) >= 11 is 4.80. The largest absolute Gasteiger partial charge is 0.312 e. The highest BCUT2D eigenvalue weighted by molar-refractivity contribution is 9.10. The number of amidine groups is 1. The number of sulfone groups is 1. The average molecular weight is 469 g/mol. The van der Waals surface area contributed by atoms with Gasteiger partial charge in [-0.2, -0.15) is 0 Å². The lowest BCUT2D eigenvalue weighted by atomic mass is 10.1. The Balaban J connectivity index is 1.66. The molecule has 2 aromatic rings. The molecule has 1 fully saturated rings. The van der Waals surface area contributed by atoms with Crippen molar-refractivity contribution in [1.29, 1.82) is 0 Å². The summed E-state index contributed by atoms with van der Waals surface area (Å²) in [6.07, 6.45) is 0. The molecule has 4 rings (SSSR count). The summed E-state index contributed by atoms with van der Waals surface area (Å²) in [5.41, 5.74) is 2.75. The van der Waals surface area contributed by atoms with E-state index >= 15 is 0 Å². The van der Waals surface area contributed by atoms with Crippen LogP contribution in [0.25, 0.3) is 0 Å². The van der Waals surface area contributed by atoms with Crippen LogP contribution in [0.5, 0.6) is 0 Å². The topological polar surface area (TPSA) is 49.7 Å². The normalized spacial score (nSPS) is 23.4. The molecule has 142 valence electrons. The first-order valence-electron chi connectivity index (χ1n) is 8.54. The van der Waals surface area contributed by atoms with E-state index in [9.17, 15) is 12.8 Å². The number of thioether (sulfide) groups is 1. The van der Waals surface area contributed by atoms with Gasteiger partial charge in [-0.15, -0.1) is 0 Å². The summed E-state index contributed by atoms with van der Waals surface area (Å²) < 4.78 is 39.5. The van der Waals surface area contributed by atoms with Crippen LogP contribution in [0.2, 0.25) is 0 Å². The van der Waals surface area contributed by atoms with Crippen LogP contribution in [0, 0.1) is 12.7 Å². The molecule has 0 aliphatic carbocycles. The molecule has 8 heteroatoms. The molecule has 0 N–H and O–H groups in total. The highest BCUT2D eigenvalue weighted by Gasteiger charge is 2.47. The highest BCUT2D eigenvalue weighted by atomic mass is 79.9. The summed E-state index contributed by atoms with van der Waals surface area (Å²) in [4.78, 5) is 6.44. The predicted molar refractivity (Wildman–Crippen MR) is 113 cm³/mol. The predicted octanol–water partition coefficient (Wildman–Crippen LogP) is 4.17. The van der Waals surface area contributed by atoms with Gasteiger partial charge in [-0.05, 0) is 36.2 Å². The number of benzene rings is 2. The summed E-state index contributed by atoms with van der Waals surface area (Å²) in [7, 11) is -3.15.